The second-order valence-corrected chi connectivity index (χ2v) is 7.13. The minimum absolute atomic E-state index is 0.0119. The number of anilines is 1. The normalized spacial score (nSPS) is 10.7. The molecule has 8 nitrogen and oxygen atoms in total. The number of benzene rings is 2. The first-order valence-electron chi connectivity index (χ1n) is 8.70. The number of amides is 2. The van der Waals surface area contributed by atoms with E-state index < -0.39 is 0 Å². The Kier molecular flexibility index (Phi) is 6.64. The molecule has 0 aliphatic heterocycles. The zero-order valence-corrected chi connectivity index (χ0v) is 16.7. The number of hydrogen-bond acceptors (Lipinski definition) is 7. The number of carbonyl (C=O) groups is 2. The van der Waals surface area contributed by atoms with E-state index in [1.807, 2.05) is 31.2 Å². The third-order valence-corrected chi connectivity index (χ3v) is 4.67. The largest absolute Gasteiger partial charge is 0.497 e. The Labute approximate surface area is 171 Å². The lowest BCUT2D eigenvalue weighted by Crippen LogP contribution is -2.19. The number of nitrogens with one attached hydrogen (secondary N) is 2. The van der Waals surface area contributed by atoms with Crippen LogP contribution in [0.4, 0.5) is 5.13 Å². The van der Waals surface area contributed by atoms with Gasteiger partial charge in [-0.25, -0.2) is 5.43 Å². The first kappa shape index (κ1) is 20.2. The van der Waals surface area contributed by atoms with Crippen LogP contribution in [0.1, 0.15) is 26.5 Å². The maximum atomic E-state index is 12.2. The Morgan fingerprint density at radius 3 is 2.52 bits per heavy atom. The Morgan fingerprint density at radius 1 is 1.10 bits per heavy atom. The van der Waals surface area contributed by atoms with Crippen LogP contribution in [-0.4, -0.2) is 35.3 Å². The molecule has 0 atom stereocenters. The molecule has 2 aromatic carbocycles. The molecule has 2 amide bonds. The SMILES string of the molecule is COc1ccc(/C=N\NC(=O)Cc2nnc(NC(=O)c3ccc(C)cc3)s2)cc1. The van der Waals surface area contributed by atoms with Crippen LogP contribution in [0.3, 0.4) is 0 Å². The van der Waals surface area contributed by atoms with Crippen LogP contribution < -0.4 is 15.5 Å². The van der Waals surface area contributed by atoms with Gasteiger partial charge in [-0.2, -0.15) is 5.10 Å². The van der Waals surface area contributed by atoms with Gasteiger partial charge in [-0.1, -0.05) is 29.0 Å². The molecule has 29 heavy (non-hydrogen) atoms. The molecule has 0 aliphatic rings. The van der Waals surface area contributed by atoms with Crippen molar-refractivity contribution in [3.63, 3.8) is 0 Å². The molecule has 0 spiro atoms. The molecule has 3 aromatic rings. The third-order valence-electron chi connectivity index (χ3n) is 3.83. The molecule has 0 radical (unpaired) electrons. The number of rotatable bonds is 7. The van der Waals surface area contributed by atoms with Gasteiger partial charge < -0.3 is 4.74 Å². The van der Waals surface area contributed by atoms with Gasteiger partial charge >= 0.3 is 0 Å². The number of hydrazone groups is 1. The summed E-state index contributed by atoms with van der Waals surface area (Å²) in [6.45, 7) is 1.95. The fourth-order valence-electron chi connectivity index (χ4n) is 2.30. The van der Waals surface area contributed by atoms with E-state index in [4.69, 9.17) is 4.74 Å². The molecule has 1 aromatic heterocycles. The number of carbonyl (C=O) groups excluding carboxylic acids is 2. The van der Waals surface area contributed by atoms with Crippen molar-refractivity contribution in [2.24, 2.45) is 5.10 Å². The Hall–Kier alpha value is -3.59. The van der Waals surface area contributed by atoms with Crippen molar-refractivity contribution in [2.75, 3.05) is 12.4 Å². The highest BCUT2D eigenvalue weighted by molar-refractivity contribution is 7.15. The zero-order valence-electron chi connectivity index (χ0n) is 15.9. The van der Waals surface area contributed by atoms with Gasteiger partial charge in [0, 0.05) is 5.56 Å². The third kappa shape index (κ3) is 5.94. The van der Waals surface area contributed by atoms with Gasteiger partial charge in [0.05, 0.1) is 19.7 Å². The first-order valence-corrected chi connectivity index (χ1v) is 9.51. The van der Waals surface area contributed by atoms with Crippen LogP contribution in [-0.2, 0) is 11.2 Å². The van der Waals surface area contributed by atoms with Crippen molar-refractivity contribution >= 4 is 34.5 Å². The van der Waals surface area contributed by atoms with Crippen LogP contribution in [0.2, 0.25) is 0 Å². The van der Waals surface area contributed by atoms with Crippen LogP contribution in [0, 0.1) is 6.92 Å². The van der Waals surface area contributed by atoms with Gasteiger partial charge in [0.15, 0.2) is 0 Å². The number of aryl methyl sites for hydroxylation is 1. The van der Waals surface area contributed by atoms with Crippen molar-refractivity contribution in [3.05, 3.63) is 70.2 Å². The van der Waals surface area contributed by atoms with Gasteiger partial charge in [-0.05, 0) is 48.9 Å². The topological polar surface area (TPSA) is 106 Å². The number of nitrogens with zero attached hydrogens (tertiary/aromatic N) is 3. The van der Waals surface area contributed by atoms with Crippen molar-refractivity contribution in [1.82, 2.24) is 15.6 Å². The van der Waals surface area contributed by atoms with E-state index in [1.165, 1.54) is 6.21 Å². The average molecular weight is 409 g/mol. The Morgan fingerprint density at radius 2 is 1.83 bits per heavy atom. The predicted molar refractivity (Wildman–Crippen MR) is 111 cm³/mol. The van der Waals surface area contributed by atoms with E-state index in [0.29, 0.717) is 15.7 Å². The van der Waals surface area contributed by atoms with Gasteiger partial charge in [-0.15, -0.1) is 10.2 Å². The highest BCUT2D eigenvalue weighted by Crippen LogP contribution is 2.17. The van der Waals surface area contributed by atoms with Gasteiger partial charge in [-0.3, -0.25) is 14.9 Å². The Bertz CT molecular complexity index is 1010. The zero-order chi connectivity index (χ0) is 20.6. The van der Waals surface area contributed by atoms with E-state index in [0.717, 1.165) is 28.2 Å². The maximum absolute atomic E-state index is 12.2. The molecular formula is C20H19N5O3S. The monoisotopic (exact) mass is 409 g/mol. The van der Waals surface area contributed by atoms with E-state index in [-0.39, 0.29) is 18.2 Å². The predicted octanol–water partition coefficient (Wildman–Crippen LogP) is 2.80. The summed E-state index contributed by atoms with van der Waals surface area (Å²) in [7, 11) is 1.59. The van der Waals surface area contributed by atoms with Gasteiger partial charge in [0.1, 0.15) is 10.8 Å². The summed E-state index contributed by atoms with van der Waals surface area (Å²) < 4.78 is 5.08. The molecule has 0 unspecified atom stereocenters. The lowest BCUT2D eigenvalue weighted by Gasteiger charge is -2.01. The second-order valence-electron chi connectivity index (χ2n) is 6.06. The van der Waals surface area contributed by atoms with E-state index in [2.05, 4.69) is 26.0 Å². The molecule has 0 saturated carbocycles. The maximum Gasteiger partial charge on any atom is 0.257 e. The van der Waals surface area contributed by atoms with E-state index in [1.54, 1.807) is 31.4 Å². The van der Waals surface area contributed by atoms with Crippen molar-refractivity contribution in [2.45, 2.75) is 13.3 Å². The summed E-state index contributed by atoms with van der Waals surface area (Å²) in [5.41, 5.74) is 4.86. The number of ether oxygens (including phenoxy) is 1. The van der Waals surface area contributed by atoms with Crippen LogP contribution in [0.15, 0.2) is 53.6 Å². The van der Waals surface area contributed by atoms with E-state index >= 15 is 0 Å². The molecule has 0 bridgehead atoms. The van der Waals surface area contributed by atoms with Crippen LogP contribution in [0.5, 0.6) is 5.75 Å². The van der Waals surface area contributed by atoms with Crippen molar-refractivity contribution < 1.29 is 14.3 Å². The molecule has 0 aliphatic carbocycles. The first-order chi connectivity index (χ1) is 14.0. The van der Waals surface area contributed by atoms with Crippen LogP contribution >= 0.6 is 11.3 Å². The number of hydrogen-bond donors (Lipinski definition) is 2. The quantitative estimate of drug-likeness (QED) is 0.461. The molecule has 148 valence electrons. The molecule has 1 heterocycles. The fraction of sp³-hybridized carbons (Fsp3) is 0.150. The molecular weight excluding hydrogens is 390 g/mol. The lowest BCUT2D eigenvalue weighted by atomic mass is 10.1. The molecule has 9 heteroatoms. The number of aromatic nitrogens is 2. The summed E-state index contributed by atoms with van der Waals surface area (Å²) in [6, 6.07) is 14.4. The van der Waals surface area contributed by atoms with E-state index in [9.17, 15) is 9.59 Å². The highest BCUT2D eigenvalue weighted by Gasteiger charge is 2.12. The summed E-state index contributed by atoms with van der Waals surface area (Å²) in [5.74, 6) is 0.135. The summed E-state index contributed by atoms with van der Waals surface area (Å²) in [6.07, 6.45) is 1.54. The summed E-state index contributed by atoms with van der Waals surface area (Å²) in [4.78, 5) is 24.2. The van der Waals surface area contributed by atoms with Crippen molar-refractivity contribution in [3.8, 4) is 5.75 Å². The minimum atomic E-state index is -0.331. The average Bonchev–Trinajstić information content (AvgIpc) is 3.15. The number of methoxy groups -OCH3 is 1. The van der Waals surface area contributed by atoms with Crippen LogP contribution in [0.25, 0.3) is 0 Å². The van der Waals surface area contributed by atoms with Gasteiger partial charge in [0.2, 0.25) is 11.0 Å². The van der Waals surface area contributed by atoms with Crippen molar-refractivity contribution in [1.29, 1.82) is 0 Å². The standard InChI is InChI=1S/C20H19N5O3S/c1-13-3-7-15(8-4-13)19(27)22-20-25-24-18(29-20)11-17(26)23-21-12-14-5-9-16(28-2)10-6-14/h3-10,12H,11H2,1-2H3,(H,23,26)(H,22,25,27)/b21-12-. The molecule has 3 rings (SSSR count). The molecule has 2 N–H and O–H groups in total. The highest BCUT2D eigenvalue weighted by atomic mass is 32.1. The van der Waals surface area contributed by atoms with Gasteiger partial charge in [0.25, 0.3) is 5.91 Å². The summed E-state index contributed by atoms with van der Waals surface area (Å²) >= 11 is 1.14. The fourth-order valence-corrected chi connectivity index (χ4v) is 3.03. The lowest BCUT2D eigenvalue weighted by molar-refractivity contribution is -0.120. The smallest absolute Gasteiger partial charge is 0.257 e. The molecule has 0 saturated heterocycles. The second kappa shape index (κ2) is 9.56. The molecule has 0 fully saturated rings. The summed E-state index contributed by atoms with van der Waals surface area (Å²) in [5, 5.41) is 15.2. The minimum Gasteiger partial charge on any atom is -0.497 e. The Balaban J connectivity index is 1.49.